The van der Waals surface area contributed by atoms with E-state index < -0.39 is 0 Å². The predicted octanol–water partition coefficient (Wildman–Crippen LogP) is 3.71. The molecule has 26 heavy (non-hydrogen) atoms. The molecule has 0 aliphatic carbocycles. The number of aromatic nitrogens is 4. The summed E-state index contributed by atoms with van der Waals surface area (Å²) in [7, 11) is 0. The zero-order chi connectivity index (χ0) is 18.5. The van der Waals surface area contributed by atoms with Crippen molar-refractivity contribution in [1.82, 2.24) is 19.7 Å². The molecule has 1 amide bonds. The summed E-state index contributed by atoms with van der Waals surface area (Å²) in [5.74, 6) is 1.55. The zero-order valence-corrected chi connectivity index (χ0v) is 15.9. The maximum Gasteiger partial charge on any atom is 0.236 e. The number of nitrogens with zero attached hydrogens (tertiary/aromatic N) is 4. The van der Waals surface area contributed by atoms with Crippen LogP contribution in [0.15, 0.2) is 47.8 Å². The van der Waals surface area contributed by atoms with Crippen LogP contribution in [-0.2, 0) is 11.3 Å². The standard InChI is InChI=1S/C19H21N5OS/c1-4-24-18(15-9-5-7-13(2)11-15)22-23-19(24)26-12-16(25)21-17-14(3)8-6-10-20-17/h5-11H,4,12H2,1-3H3,(H,20,21,25). The Hall–Kier alpha value is -2.67. The van der Waals surface area contributed by atoms with E-state index in [9.17, 15) is 4.79 Å². The van der Waals surface area contributed by atoms with Crippen LogP contribution in [0.5, 0.6) is 0 Å². The molecular formula is C19H21N5OS. The lowest BCUT2D eigenvalue weighted by Gasteiger charge is -2.09. The van der Waals surface area contributed by atoms with E-state index in [1.807, 2.05) is 42.7 Å². The van der Waals surface area contributed by atoms with Crippen LogP contribution in [0.3, 0.4) is 0 Å². The molecule has 6 nitrogen and oxygen atoms in total. The van der Waals surface area contributed by atoms with E-state index in [2.05, 4.69) is 39.6 Å². The number of carbonyl (C=O) groups is 1. The number of nitrogens with one attached hydrogen (secondary N) is 1. The van der Waals surface area contributed by atoms with Crippen LogP contribution in [0.25, 0.3) is 11.4 Å². The summed E-state index contributed by atoms with van der Waals surface area (Å²) in [5, 5.41) is 12.2. The highest BCUT2D eigenvalue weighted by molar-refractivity contribution is 7.99. The van der Waals surface area contributed by atoms with Gasteiger partial charge in [-0.05, 0) is 38.5 Å². The number of pyridine rings is 1. The van der Waals surface area contributed by atoms with E-state index in [1.54, 1.807) is 6.20 Å². The third-order valence-electron chi connectivity index (χ3n) is 3.91. The molecule has 0 unspecified atom stereocenters. The van der Waals surface area contributed by atoms with Gasteiger partial charge < -0.3 is 9.88 Å². The molecule has 0 saturated heterocycles. The van der Waals surface area contributed by atoms with Crippen molar-refractivity contribution in [2.75, 3.05) is 11.1 Å². The van der Waals surface area contributed by atoms with Crippen molar-refractivity contribution < 1.29 is 4.79 Å². The molecule has 7 heteroatoms. The minimum Gasteiger partial charge on any atom is -0.310 e. The molecule has 0 bridgehead atoms. The number of anilines is 1. The molecular weight excluding hydrogens is 346 g/mol. The van der Waals surface area contributed by atoms with Gasteiger partial charge in [0.1, 0.15) is 5.82 Å². The topological polar surface area (TPSA) is 72.7 Å². The lowest BCUT2D eigenvalue weighted by molar-refractivity contribution is -0.113. The Morgan fingerprint density at radius 3 is 2.77 bits per heavy atom. The molecule has 0 aliphatic rings. The Kier molecular flexibility index (Phi) is 5.68. The van der Waals surface area contributed by atoms with Gasteiger partial charge in [-0.25, -0.2) is 4.98 Å². The van der Waals surface area contributed by atoms with Crippen molar-refractivity contribution in [3.63, 3.8) is 0 Å². The van der Waals surface area contributed by atoms with Crippen molar-refractivity contribution in [3.05, 3.63) is 53.7 Å². The van der Waals surface area contributed by atoms with E-state index in [0.29, 0.717) is 5.82 Å². The quantitative estimate of drug-likeness (QED) is 0.673. The van der Waals surface area contributed by atoms with Crippen LogP contribution >= 0.6 is 11.8 Å². The first-order valence-electron chi connectivity index (χ1n) is 8.43. The van der Waals surface area contributed by atoms with E-state index >= 15 is 0 Å². The van der Waals surface area contributed by atoms with Crippen LogP contribution in [-0.4, -0.2) is 31.4 Å². The maximum atomic E-state index is 12.2. The van der Waals surface area contributed by atoms with E-state index in [-0.39, 0.29) is 11.7 Å². The van der Waals surface area contributed by atoms with Crippen molar-refractivity contribution in [1.29, 1.82) is 0 Å². The number of aryl methyl sites for hydroxylation is 2. The Labute approximate surface area is 157 Å². The van der Waals surface area contributed by atoms with Gasteiger partial charge in [0.2, 0.25) is 5.91 Å². The fourth-order valence-corrected chi connectivity index (χ4v) is 3.40. The molecule has 0 saturated carbocycles. The lowest BCUT2D eigenvalue weighted by atomic mass is 10.1. The first kappa shape index (κ1) is 18.1. The van der Waals surface area contributed by atoms with Crippen molar-refractivity contribution in [2.45, 2.75) is 32.5 Å². The van der Waals surface area contributed by atoms with Gasteiger partial charge in [-0.2, -0.15) is 0 Å². The molecule has 0 fully saturated rings. The molecule has 3 rings (SSSR count). The molecule has 0 atom stereocenters. The summed E-state index contributed by atoms with van der Waals surface area (Å²) in [6, 6.07) is 11.9. The average Bonchev–Trinajstić information content (AvgIpc) is 3.05. The van der Waals surface area contributed by atoms with E-state index in [0.717, 1.165) is 28.7 Å². The highest BCUT2D eigenvalue weighted by atomic mass is 32.2. The fraction of sp³-hybridized carbons (Fsp3) is 0.263. The van der Waals surface area contributed by atoms with Crippen molar-refractivity contribution in [2.24, 2.45) is 0 Å². The van der Waals surface area contributed by atoms with Gasteiger partial charge in [0.25, 0.3) is 0 Å². The summed E-state index contributed by atoms with van der Waals surface area (Å²) < 4.78 is 2.03. The molecule has 1 N–H and O–H groups in total. The SMILES string of the molecule is CCn1c(SCC(=O)Nc2ncccc2C)nnc1-c1cccc(C)c1. The number of hydrogen-bond acceptors (Lipinski definition) is 5. The second kappa shape index (κ2) is 8.14. The fourth-order valence-electron chi connectivity index (χ4n) is 2.59. The van der Waals surface area contributed by atoms with Gasteiger partial charge in [0.15, 0.2) is 11.0 Å². The van der Waals surface area contributed by atoms with Crippen LogP contribution in [0, 0.1) is 13.8 Å². The summed E-state index contributed by atoms with van der Waals surface area (Å²) >= 11 is 1.37. The third-order valence-corrected chi connectivity index (χ3v) is 4.88. The monoisotopic (exact) mass is 367 g/mol. The summed E-state index contributed by atoms with van der Waals surface area (Å²) in [5.41, 5.74) is 3.14. The minimum atomic E-state index is -0.112. The van der Waals surface area contributed by atoms with Gasteiger partial charge >= 0.3 is 0 Å². The van der Waals surface area contributed by atoms with Crippen molar-refractivity contribution >= 4 is 23.5 Å². The number of thioether (sulfide) groups is 1. The predicted molar refractivity (Wildman–Crippen MR) is 104 cm³/mol. The largest absolute Gasteiger partial charge is 0.310 e. The van der Waals surface area contributed by atoms with Gasteiger partial charge in [-0.3, -0.25) is 4.79 Å². The van der Waals surface area contributed by atoms with Crippen LogP contribution in [0.4, 0.5) is 5.82 Å². The number of hydrogen-bond donors (Lipinski definition) is 1. The van der Waals surface area contributed by atoms with Crippen LogP contribution in [0.1, 0.15) is 18.1 Å². The van der Waals surface area contributed by atoms with Crippen molar-refractivity contribution in [3.8, 4) is 11.4 Å². The van der Waals surface area contributed by atoms with Crippen LogP contribution < -0.4 is 5.32 Å². The lowest BCUT2D eigenvalue weighted by Crippen LogP contribution is -2.16. The Balaban J connectivity index is 1.71. The summed E-state index contributed by atoms with van der Waals surface area (Å²) in [6.45, 7) is 6.75. The molecule has 2 heterocycles. The number of amides is 1. The zero-order valence-electron chi connectivity index (χ0n) is 15.1. The second-order valence-corrected chi connectivity index (χ2v) is 6.87. The molecule has 1 aromatic carbocycles. The average molecular weight is 367 g/mol. The molecule has 3 aromatic rings. The maximum absolute atomic E-state index is 12.2. The summed E-state index contributed by atoms with van der Waals surface area (Å²) in [6.07, 6.45) is 1.66. The molecule has 0 radical (unpaired) electrons. The van der Waals surface area contributed by atoms with Gasteiger partial charge in [0.05, 0.1) is 5.75 Å². The van der Waals surface area contributed by atoms with Crippen LogP contribution in [0.2, 0.25) is 0 Å². The number of carbonyl (C=O) groups excluding carboxylic acids is 1. The van der Waals surface area contributed by atoms with Gasteiger partial charge in [0, 0.05) is 18.3 Å². The second-order valence-electron chi connectivity index (χ2n) is 5.93. The van der Waals surface area contributed by atoms with Gasteiger partial charge in [-0.1, -0.05) is 41.6 Å². The highest BCUT2D eigenvalue weighted by Gasteiger charge is 2.15. The number of rotatable bonds is 6. The smallest absolute Gasteiger partial charge is 0.236 e. The molecule has 0 spiro atoms. The van der Waals surface area contributed by atoms with Gasteiger partial charge in [-0.15, -0.1) is 10.2 Å². The highest BCUT2D eigenvalue weighted by Crippen LogP contribution is 2.24. The summed E-state index contributed by atoms with van der Waals surface area (Å²) in [4.78, 5) is 16.4. The Morgan fingerprint density at radius 2 is 2.04 bits per heavy atom. The number of benzene rings is 1. The minimum absolute atomic E-state index is 0.112. The normalized spacial score (nSPS) is 10.7. The first-order chi connectivity index (χ1) is 12.6. The Bertz CT molecular complexity index is 922. The first-order valence-corrected chi connectivity index (χ1v) is 9.41. The molecule has 134 valence electrons. The molecule has 0 aliphatic heterocycles. The molecule has 2 aromatic heterocycles. The van der Waals surface area contributed by atoms with E-state index in [4.69, 9.17) is 0 Å². The Morgan fingerprint density at radius 1 is 1.19 bits per heavy atom. The van der Waals surface area contributed by atoms with E-state index in [1.165, 1.54) is 17.3 Å². The third kappa shape index (κ3) is 4.11.